The maximum atomic E-state index is 13.0. The van der Waals surface area contributed by atoms with Gasteiger partial charge >= 0.3 is 0 Å². The first-order valence-corrected chi connectivity index (χ1v) is 11.3. The van der Waals surface area contributed by atoms with Gasteiger partial charge < -0.3 is 19.7 Å². The molecule has 1 aliphatic rings. The highest BCUT2D eigenvalue weighted by molar-refractivity contribution is 7.99. The Morgan fingerprint density at radius 1 is 1.06 bits per heavy atom. The normalized spacial score (nSPS) is 15.8. The number of carbonyl (C=O) groups excluding carboxylic acids is 1. The van der Waals surface area contributed by atoms with Crippen LogP contribution in [0.15, 0.2) is 70.8 Å². The first kappa shape index (κ1) is 22.0. The monoisotopic (exact) mass is 450 g/mol. The fourth-order valence-electron chi connectivity index (χ4n) is 3.75. The second-order valence-corrected chi connectivity index (χ2v) is 8.51. The Balaban J connectivity index is 1.46. The second kappa shape index (κ2) is 10.4. The second-order valence-electron chi connectivity index (χ2n) is 7.44. The Labute approximate surface area is 192 Å². The van der Waals surface area contributed by atoms with Crippen molar-refractivity contribution in [3.8, 4) is 11.5 Å². The molecule has 1 N–H and O–H groups in total. The van der Waals surface area contributed by atoms with Crippen molar-refractivity contribution >= 4 is 29.2 Å². The van der Waals surface area contributed by atoms with Crippen LogP contribution < -0.4 is 19.7 Å². The van der Waals surface area contributed by atoms with Crippen molar-refractivity contribution in [2.24, 2.45) is 5.92 Å². The minimum absolute atomic E-state index is 0.0110. The molecule has 1 aliphatic heterocycles. The Bertz CT molecular complexity index is 1060. The van der Waals surface area contributed by atoms with Crippen molar-refractivity contribution < 1.29 is 14.3 Å². The molecular weight excluding hydrogens is 424 g/mol. The number of hydrogen-bond acceptors (Lipinski definition) is 7. The summed E-state index contributed by atoms with van der Waals surface area (Å²) in [6.45, 7) is 1.45. The highest BCUT2D eigenvalue weighted by Crippen LogP contribution is 2.34. The third kappa shape index (κ3) is 5.13. The first-order chi connectivity index (χ1) is 15.7. The number of methoxy groups -OCH3 is 2. The first-order valence-electron chi connectivity index (χ1n) is 10.5. The Morgan fingerprint density at radius 2 is 1.84 bits per heavy atom. The molecule has 3 aromatic rings. The molecule has 1 aromatic heterocycles. The summed E-state index contributed by atoms with van der Waals surface area (Å²) in [5, 5.41) is 3.87. The molecule has 166 valence electrons. The summed E-state index contributed by atoms with van der Waals surface area (Å²) in [7, 11) is 3.16. The van der Waals surface area contributed by atoms with Crippen molar-refractivity contribution in [2.75, 3.05) is 37.5 Å². The molecule has 0 saturated carbocycles. The summed E-state index contributed by atoms with van der Waals surface area (Å²) in [5.74, 6) is 1.87. The van der Waals surface area contributed by atoms with Gasteiger partial charge in [0.25, 0.3) is 0 Å². The van der Waals surface area contributed by atoms with Crippen LogP contribution in [0.2, 0.25) is 0 Å². The van der Waals surface area contributed by atoms with Gasteiger partial charge in [-0.15, -0.1) is 0 Å². The van der Waals surface area contributed by atoms with Crippen molar-refractivity contribution in [2.45, 2.75) is 22.8 Å². The number of hydrogen-bond donors (Lipinski definition) is 1. The van der Waals surface area contributed by atoms with E-state index in [4.69, 9.17) is 9.47 Å². The fraction of sp³-hybridized carbons (Fsp3) is 0.292. The molecule has 0 bridgehead atoms. The third-order valence-electron chi connectivity index (χ3n) is 5.35. The van der Waals surface area contributed by atoms with Gasteiger partial charge in [-0.3, -0.25) is 4.79 Å². The van der Waals surface area contributed by atoms with E-state index in [1.54, 1.807) is 50.5 Å². The lowest BCUT2D eigenvalue weighted by atomic mass is 9.97. The molecule has 2 aromatic carbocycles. The summed E-state index contributed by atoms with van der Waals surface area (Å²) < 4.78 is 10.6. The number of nitrogens with one attached hydrogen (secondary N) is 1. The largest absolute Gasteiger partial charge is 0.493 e. The minimum Gasteiger partial charge on any atom is -0.493 e. The predicted molar refractivity (Wildman–Crippen MR) is 126 cm³/mol. The van der Waals surface area contributed by atoms with Crippen LogP contribution in [0.3, 0.4) is 0 Å². The third-order valence-corrected chi connectivity index (χ3v) is 6.34. The number of benzene rings is 2. The van der Waals surface area contributed by atoms with Crippen LogP contribution in [0, 0.1) is 5.92 Å². The van der Waals surface area contributed by atoms with E-state index < -0.39 is 0 Å². The molecule has 0 aliphatic carbocycles. The fourth-order valence-corrected chi connectivity index (χ4v) is 4.65. The molecule has 1 fully saturated rings. The van der Waals surface area contributed by atoms with Gasteiger partial charge in [0.1, 0.15) is 5.03 Å². The van der Waals surface area contributed by atoms with Crippen LogP contribution in [-0.2, 0) is 4.79 Å². The highest BCUT2D eigenvalue weighted by Gasteiger charge is 2.28. The van der Waals surface area contributed by atoms with Gasteiger partial charge in [0.2, 0.25) is 5.91 Å². The van der Waals surface area contributed by atoms with Crippen LogP contribution >= 0.6 is 11.8 Å². The average Bonchev–Trinajstić information content (AvgIpc) is 2.85. The van der Waals surface area contributed by atoms with Crippen molar-refractivity contribution in [1.29, 1.82) is 0 Å². The lowest BCUT2D eigenvalue weighted by molar-refractivity contribution is -0.120. The number of nitrogens with zero attached hydrogens (tertiary/aromatic N) is 3. The lowest BCUT2D eigenvalue weighted by Gasteiger charge is -2.33. The van der Waals surface area contributed by atoms with Gasteiger partial charge in [0.15, 0.2) is 17.3 Å². The smallest absolute Gasteiger partial charge is 0.229 e. The molecule has 4 rings (SSSR count). The van der Waals surface area contributed by atoms with Gasteiger partial charge in [-0.2, -0.15) is 0 Å². The summed E-state index contributed by atoms with van der Waals surface area (Å²) in [5.41, 5.74) is 0.685. The van der Waals surface area contributed by atoms with Crippen LogP contribution in [-0.4, -0.2) is 43.2 Å². The molecular formula is C24H26N4O3S. The zero-order chi connectivity index (χ0) is 22.3. The quantitative estimate of drug-likeness (QED) is 0.568. The molecule has 0 spiro atoms. The summed E-state index contributed by atoms with van der Waals surface area (Å²) in [4.78, 5) is 25.4. The minimum atomic E-state index is -0.145. The zero-order valence-corrected chi connectivity index (χ0v) is 19.0. The SMILES string of the molecule is COc1ccc(NC(=O)[C@H]2CCCN(c3nccnc3Sc3ccccc3)C2)cc1OC. The number of rotatable bonds is 7. The van der Waals surface area contributed by atoms with Crippen molar-refractivity contribution in [3.63, 3.8) is 0 Å². The van der Waals surface area contributed by atoms with E-state index in [0.29, 0.717) is 23.7 Å². The maximum Gasteiger partial charge on any atom is 0.229 e. The van der Waals surface area contributed by atoms with Crippen molar-refractivity contribution in [1.82, 2.24) is 9.97 Å². The van der Waals surface area contributed by atoms with Crippen LogP contribution in [0.5, 0.6) is 11.5 Å². The van der Waals surface area contributed by atoms with Gasteiger partial charge in [-0.25, -0.2) is 9.97 Å². The highest BCUT2D eigenvalue weighted by atomic mass is 32.2. The molecule has 8 heteroatoms. The Morgan fingerprint density at radius 3 is 2.62 bits per heavy atom. The van der Waals surface area contributed by atoms with E-state index in [9.17, 15) is 4.79 Å². The predicted octanol–water partition coefficient (Wildman–Crippen LogP) is 4.50. The maximum absolute atomic E-state index is 13.0. The van der Waals surface area contributed by atoms with E-state index in [2.05, 4.69) is 32.3 Å². The molecule has 1 atom stereocenters. The van der Waals surface area contributed by atoms with Gasteiger partial charge in [-0.1, -0.05) is 30.0 Å². The van der Waals surface area contributed by atoms with Gasteiger partial charge in [0, 0.05) is 42.1 Å². The topological polar surface area (TPSA) is 76.6 Å². The number of anilines is 2. The average molecular weight is 451 g/mol. The van der Waals surface area contributed by atoms with Crippen molar-refractivity contribution in [3.05, 3.63) is 60.9 Å². The van der Waals surface area contributed by atoms with Crippen LogP contribution in [0.1, 0.15) is 12.8 Å². The molecule has 1 saturated heterocycles. The molecule has 1 amide bonds. The molecule has 7 nitrogen and oxygen atoms in total. The Kier molecular flexibility index (Phi) is 7.11. The summed E-state index contributed by atoms with van der Waals surface area (Å²) in [6, 6.07) is 15.5. The number of amides is 1. The number of aromatic nitrogens is 2. The summed E-state index contributed by atoms with van der Waals surface area (Å²) in [6.07, 6.45) is 5.16. The molecule has 32 heavy (non-hydrogen) atoms. The van der Waals surface area contributed by atoms with E-state index in [1.807, 2.05) is 24.3 Å². The standard InChI is InChI=1S/C24H26N4O3S/c1-30-20-11-10-18(15-21(20)31-2)27-23(29)17-7-6-14-28(16-17)22-24(26-13-12-25-22)32-19-8-4-3-5-9-19/h3-5,8-13,15,17H,6-7,14,16H2,1-2H3,(H,27,29)/t17-/m0/s1. The van der Waals surface area contributed by atoms with Gasteiger partial charge in [-0.05, 0) is 37.1 Å². The zero-order valence-electron chi connectivity index (χ0n) is 18.2. The van der Waals surface area contributed by atoms with E-state index in [-0.39, 0.29) is 11.8 Å². The van der Waals surface area contributed by atoms with E-state index >= 15 is 0 Å². The lowest BCUT2D eigenvalue weighted by Crippen LogP contribution is -2.41. The summed E-state index contributed by atoms with van der Waals surface area (Å²) >= 11 is 1.59. The molecule has 2 heterocycles. The molecule has 0 unspecified atom stereocenters. The van der Waals surface area contributed by atoms with Gasteiger partial charge in [0.05, 0.1) is 20.1 Å². The Hall–Kier alpha value is -3.26. The van der Waals surface area contributed by atoms with E-state index in [1.165, 1.54) is 0 Å². The van der Waals surface area contributed by atoms with Crippen LogP contribution in [0.25, 0.3) is 0 Å². The van der Waals surface area contributed by atoms with Crippen LogP contribution in [0.4, 0.5) is 11.5 Å². The number of carbonyl (C=O) groups is 1. The number of piperidine rings is 1. The van der Waals surface area contributed by atoms with E-state index in [0.717, 1.165) is 35.1 Å². The number of ether oxygens (including phenoxy) is 2. The molecule has 0 radical (unpaired) electrons.